The van der Waals surface area contributed by atoms with Crippen molar-refractivity contribution in [2.24, 2.45) is 0 Å². The average molecular weight is 407 g/mol. The summed E-state index contributed by atoms with van der Waals surface area (Å²) in [6.45, 7) is 2.01. The van der Waals surface area contributed by atoms with Gasteiger partial charge in [-0.2, -0.15) is 0 Å². The third-order valence-electron chi connectivity index (χ3n) is 6.71. The Morgan fingerprint density at radius 1 is 1.10 bits per heavy atom. The maximum absolute atomic E-state index is 14.1. The highest BCUT2D eigenvalue weighted by Crippen LogP contribution is 2.47. The minimum atomic E-state index is -0.394. The van der Waals surface area contributed by atoms with Crippen LogP contribution < -0.4 is 5.32 Å². The van der Waals surface area contributed by atoms with Gasteiger partial charge in [-0.3, -0.25) is 9.47 Å². The van der Waals surface area contributed by atoms with Gasteiger partial charge < -0.3 is 5.32 Å². The lowest BCUT2D eigenvalue weighted by Crippen LogP contribution is -2.49. The fraction of sp³-hybridized carbons (Fsp3) is 0.391. The van der Waals surface area contributed by atoms with Crippen molar-refractivity contribution in [1.82, 2.24) is 19.4 Å². The van der Waals surface area contributed by atoms with Gasteiger partial charge in [0, 0.05) is 37.3 Å². The summed E-state index contributed by atoms with van der Waals surface area (Å²) in [4.78, 5) is 11.6. The SMILES string of the molecule is Fc1ccc(F)c(CN2CCC3(CC2)Nc2cccnc2-n2c3cnc2C2CC2)c1. The molecule has 30 heavy (non-hydrogen) atoms. The Morgan fingerprint density at radius 3 is 2.73 bits per heavy atom. The molecule has 1 aliphatic carbocycles. The van der Waals surface area contributed by atoms with E-state index >= 15 is 0 Å². The zero-order chi connectivity index (χ0) is 20.3. The van der Waals surface area contributed by atoms with Gasteiger partial charge in [0.25, 0.3) is 0 Å². The molecule has 2 aromatic heterocycles. The van der Waals surface area contributed by atoms with E-state index in [-0.39, 0.29) is 11.4 Å². The van der Waals surface area contributed by atoms with Crippen LogP contribution in [0.15, 0.2) is 42.7 Å². The van der Waals surface area contributed by atoms with Gasteiger partial charge in [0.05, 0.1) is 23.1 Å². The van der Waals surface area contributed by atoms with E-state index < -0.39 is 5.82 Å². The topological polar surface area (TPSA) is 46.0 Å². The maximum atomic E-state index is 14.1. The molecule has 5 nitrogen and oxygen atoms in total. The predicted octanol–water partition coefficient (Wildman–Crippen LogP) is 4.34. The highest BCUT2D eigenvalue weighted by atomic mass is 19.1. The molecule has 1 aromatic carbocycles. The van der Waals surface area contributed by atoms with Crippen LogP contribution in [0.3, 0.4) is 0 Å². The number of nitrogens with one attached hydrogen (secondary N) is 1. The lowest BCUT2D eigenvalue weighted by molar-refractivity contribution is 0.160. The number of anilines is 1. The van der Waals surface area contributed by atoms with E-state index in [1.165, 1.54) is 36.7 Å². The van der Waals surface area contributed by atoms with Gasteiger partial charge >= 0.3 is 0 Å². The second kappa shape index (κ2) is 6.60. The van der Waals surface area contributed by atoms with Crippen LogP contribution >= 0.6 is 0 Å². The lowest BCUT2D eigenvalue weighted by Gasteiger charge is -2.45. The predicted molar refractivity (Wildman–Crippen MR) is 110 cm³/mol. The van der Waals surface area contributed by atoms with E-state index in [1.807, 2.05) is 18.5 Å². The molecule has 4 heterocycles. The maximum Gasteiger partial charge on any atom is 0.161 e. The number of pyridine rings is 1. The van der Waals surface area contributed by atoms with E-state index in [2.05, 4.69) is 25.8 Å². The quantitative estimate of drug-likeness (QED) is 0.702. The fourth-order valence-electron chi connectivity index (χ4n) is 4.93. The van der Waals surface area contributed by atoms with Crippen LogP contribution in [0.4, 0.5) is 14.5 Å². The lowest BCUT2D eigenvalue weighted by atomic mass is 9.82. The third-order valence-corrected chi connectivity index (χ3v) is 6.71. The van der Waals surface area contributed by atoms with Gasteiger partial charge in [-0.15, -0.1) is 0 Å². The second-order valence-electron chi connectivity index (χ2n) is 8.70. The summed E-state index contributed by atoms with van der Waals surface area (Å²) in [6.07, 6.45) is 7.95. The summed E-state index contributed by atoms with van der Waals surface area (Å²) >= 11 is 0. The number of hydrogen-bond acceptors (Lipinski definition) is 4. The first-order chi connectivity index (χ1) is 14.6. The minimum Gasteiger partial charge on any atom is -0.371 e. The molecule has 7 heteroatoms. The average Bonchev–Trinajstić information content (AvgIpc) is 3.50. The molecule has 3 aromatic rings. The van der Waals surface area contributed by atoms with Gasteiger partial charge in [0.15, 0.2) is 5.82 Å². The molecule has 0 amide bonds. The Bertz CT molecular complexity index is 1110. The molecule has 0 unspecified atom stereocenters. The number of likely N-dealkylation sites (tertiary alicyclic amines) is 1. The first kappa shape index (κ1) is 18.0. The minimum absolute atomic E-state index is 0.215. The number of nitrogens with zero attached hydrogens (tertiary/aromatic N) is 4. The van der Waals surface area contributed by atoms with Crippen LogP contribution in [0, 0.1) is 11.6 Å². The van der Waals surface area contributed by atoms with E-state index in [0.717, 1.165) is 43.3 Å². The first-order valence-electron chi connectivity index (χ1n) is 10.6. The highest BCUT2D eigenvalue weighted by molar-refractivity contribution is 5.64. The molecule has 2 fully saturated rings. The molecule has 3 aliphatic rings. The number of piperidine rings is 1. The number of aromatic nitrogens is 3. The van der Waals surface area contributed by atoms with Crippen molar-refractivity contribution in [3.05, 3.63) is 71.4 Å². The zero-order valence-corrected chi connectivity index (χ0v) is 16.6. The molecule has 1 spiro atoms. The van der Waals surface area contributed by atoms with Gasteiger partial charge in [-0.1, -0.05) is 0 Å². The second-order valence-corrected chi connectivity index (χ2v) is 8.70. The number of imidazole rings is 1. The molecule has 6 rings (SSSR count). The van der Waals surface area contributed by atoms with Gasteiger partial charge in [0.2, 0.25) is 0 Å². The van der Waals surface area contributed by atoms with Crippen LogP contribution in [-0.2, 0) is 12.1 Å². The number of benzene rings is 1. The fourth-order valence-corrected chi connectivity index (χ4v) is 4.93. The molecule has 0 radical (unpaired) electrons. The van der Waals surface area contributed by atoms with E-state index in [0.29, 0.717) is 18.0 Å². The summed E-state index contributed by atoms with van der Waals surface area (Å²) in [5, 5.41) is 3.76. The summed E-state index contributed by atoms with van der Waals surface area (Å²) in [7, 11) is 0. The summed E-state index contributed by atoms with van der Waals surface area (Å²) in [6, 6.07) is 7.72. The van der Waals surface area contributed by atoms with Crippen molar-refractivity contribution in [1.29, 1.82) is 0 Å². The van der Waals surface area contributed by atoms with E-state index in [9.17, 15) is 8.78 Å². The molecule has 154 valence electrons. The Balaban J connectivity index is 1.30. The summed E-state index contributed by atoms with van der Waals surface area (Å²) in [5.74, 6) is 1.84. The monoisotopic (exact) mass is 407 g/mol. The van der Waals surface area contributed by atoms with Crippen molar-refractivity contribution >= 4 is 5.69 Å². The van der Waals surface area contributed by atoms with Gasteiger partial charge in [-0.25, -0.2) is 18.7 Å². The Hall–Kier alpha value is -2.80. The van der Waals surface area contributed by atoms with Crippen LogP contribution in [0.1, 0.15) is 48.7 Å². The van der Waals surface area contributed by atoms with Crippen LogP contribution in [0.25, 0.3) is 5.82 Å². The standard InChI is InChI=1S/C23H23F2N5/c24-17-5-6-18(25)16(12-17)14-29-10-7-23(8-11-29)20-13-27-21(15-3-4-15)30(20)22-19(28-23)2-1-9-26-22/h1-2,5-6,9,12-13,15,28H,3-4,7-8,10-11,14H2. The first-order valence-corrected chi connectivity index (χ1v) is 10.6. The Kier molecular flexibility index (Phi) is 3.96. The molecule has 1 N–H and O–H groups in total. The normalized spacial score (nSPS) is 19.9. The zero-order valence-electron chi connectivity index (χ0n) is 16.6. The molecule has 1 saturated heterocycles. The highest BCUT2D eigenvalue weighted by Gasteiger charge is 2.44. The molecule has 1 saturated carbocycles. The molecule has 0 bridgehead atoms. The summed E-state index contributed by atoms with van der Waals surface area (Å²) < 4.78 is 29.9. The van der Waals surface area contributed by atoms with Crippen molar-refractivity contribution in [3.63, 3.8) is 0 Å². The van der Waals surface area contributed by atoms with Crippen LogP contribution in [0.5, 0.6) is 0 Å². The van der Waals surface area contributed by atoms with Gasteiger partial charge in [-0.05, 0) is 56.0 Å². The summed E-state index contributed by atoms with van der Waals surface area (Å²) in [5.41, 5.74) is 2.41. The largest absolute Gasteiger partial charge is 0.371 e. The van der Waals surface area contributed by atoms with Crippen LogP contribution in [-0.4, -0.2) is 32.5 Å². The van der Waals surface area contributed by atoms with Crippen molar-refractivity contribution < 1.29 is 8.78 Å². The van der Waals surface area contributed by atoms with Crippen molar-refractivity contribution in [2.45, 2.75) is 43.7 Å². The smallest absolute Gasteiger partial charge is 0.161 e. The molecule has 0 atom stereocenters. The van der Waals surface area contributed by atoms with E-state index in [1.54, 1.807) is 0 Å². The number of fused-ring (bicyclic) bond motifs is 4. The number of halogens is 2. The van der Waals surface area contributed by atoms with Crippen molar-refractivity contribution in [2.75, 3.05) is 18.4 Å². The number of hydrogen-bond donors (Lipinski definition) is 1. The Labute approximate surface area is 173 Å². The molecular formula is C23H23F2N5. The third kappa shape index (κ3) is 2.83. The molecule has 2 aliphatic heterocycles. The van der Waals surface area contributed by atoms with Gasteiger partial charge in [0.1, 0.15) is 17.5 Å². The number of rotatable bonds is 3. The van der Waals surface area contributed by atoms with Crippen molar-refractivity contribution in [3.8, 4) is 5.82 Å². The van der Waals surface area contributed by atoms with Crippen LogP contribution in [0.2, 0.25) is 0 Å². The Morgan fingerprint density at radius 2 is 1.93 bits per heavy atom. The van der Waals surface area contributed by atoms with E-state index in [4.69, 9.17) is 4.98 Å². The molecular weight excluding hydrogens is 384 g/mol.